The fraction of sp³-hybridized carbons (Fsp3) is 0.417. The Morgan fingerprint density at radius 1 is 1.09 bits per heavy atom. The number of benzene rings is 1. The number of rotatable bonds is 5. The molecule has 0 bridgehead atoms. The Bertz CT molecular complexity index is 1150. The number of piperidine rings is 1. The van der Waals surface area contributed by atoms with E-state index in [4.69, 9.17) is 4.74 Å². The molecule has 7 nitrogen and oxygen atoms in total. The van der Waals surface area contributed by atoms with Gasteiger partial charge in [0.15, 0.2) is 6.61 Å². The molecule has 0 unspecified atom stereocenters. The van der Waals surface area contributed by atoms with Gasteiger partial charge in [-0.1, -0.05) is 6.07 Å². The van der Waals surface area contributed by atoms with Crippen LogP contribution in [-0.4, -0.2) is 41.5 Å². The summed E-state index contributed by atoms with van der Waals surface area (Å²) in [7, 11) is 0. The van der Waals surface area contributed by atoms with Gasteiger partial charge in [0.05, 0.1) is 11.3 Å². The van der Waals surface area contributed by atoms with Crippen LogP contribution < -0.4 is 10.2 Å². The van der Waals surface area contributed by atoms with Crippen molar-refractivity contribution in [2.45, 2.75) is 40.5 Å². The first-order valence-electron chi connectivity index (χ1n) is 10.8. The minimum absolute atomic E-state index is 0.206. The molecule has 1 N–H and O–H groups in total. The van der Waals surface area contributed by atoms with E-state index in [1.165, 1.54) is 10.4 Å². The van der Waals surface area contributed by atoms with Crippen molar-refractivity contribution in [3.63, 3.8) is 0 Å². The SMILES string of the molecule is Cc1cc(C)cc(NC(=O)COC(=O)C2CCN(c3ncnc4sc(C)c(C)c34)CC2)c1. The van der Waals surface area contributed by atoms with Crippen LogP contribution in [0.15, 0.2) is 24.5 Å². The van der Waals surface area contributed by atoms with Crippen molar-refractivity contribution >= 4 is 44.9 Å². The number of hydrogen-bond donors (Lipinski definition) is 1. The van der Waals surface area contributed by atoms with E-state index in [0.717, 1.165) is 40.3 Å². The molecule has 3 aromatic rings. The average Bonchev–Trinajstić information content (AvgIpc) is 3.05. The average molecular weight is 453 g/mol. The maximum Gasteiger partial charge on any atom is 0.309 e. The molecule has 1 fully saturated rings. The number of hydrogen-bond acceptors (Lipinski definition) is 7. The fourth-order valence-corrected chi connectivity index (χ4v) is 5.22. The molecule has 0 aliphatic carbocycles. The van der Waals surface area contributed by atoms with Crippen molar-refractivity contribution in [2.75, 3.05) is 29.9 Å². The Kier molecular flexibility index (Phi) is 6.41. The summed E-state index contributed by atoms with van der Waals surface area (Å²) in [5.74, 6) is 0.0995. The number of thiophene rings is 1. The normalized spacial score (nSPS) is 14.6. The first-order chi connectivity index (χ1) is 15.3. The third-order valence-electron chi connectivity index (χ3n) is 5.92. The van der Waals surface area contributed by atoms with E-state index in [0.29, 0.717) is 18.5 Å². The lowest BCUT2D eigenvalue weighted by Gasteiger charge is -2.32. The standard InChI is InChI=1S/C24H28N4O3S/c1-14-9-15(2)11-19(10-14)27-20(29)12-31-24(30)18-5-7-28(8-6-18)22-21-16(3)17(4)32-23(21)26-13-25-22/h9-11,13,18H,5-8,12H2,1-4H3,(H,27,29). The van der Waals surface area contributed by atoms with Crippen molar-refractivity contribution in [3.8, 4) is 0 Å². The second-order valence-corrected chi connectivity index (χ2v) is 9.66. The summed E-state index contributed by atoms with van der Waals surface area (Å²) in [5.41, 5.74) is 4.07. The topological polar surface area (TPSA) is 84.4 Å². The fourth-order valence-electron chi connectivity index (χ4n) is 4.23. The number of carbonyl (C=O) groups is 2. The molecule has 1 saturated heterocycles. The summed E-state index contributed by atoms with van der Waals surface area (Å²) < 4.78 is 5.32. The molecule has 0 saturated carbocycles. The molecule has 1 aliphatic rings. The number of aromatic nitrogens is 2. The van der Waals surface area contributed by atoms with E-state index in [9.17, 15) is 9.59 Å². The number of amides is 1. The number of ether oxygens (including phenoxy) is 1. The van der Waals surface area contributed by atoms with Crippen LogP contribution in [0.4, 0.5) is 11.5 Å². The molecule has 168 valence electrons. The predicted molar refractivity (Wildman–Crippen MR) is 127 cm³/mol. The van der Waals surface area contributed by atoms with E-state index in [-0.39, 0.29) is 24.4 Å². The molecule has 0 radical (unpaired) electrons. The molecule has 0 atom stereocenters. The van der Waals surface area contributed by atoms with E-state index in [1.807, 2.05) is 32.0 Å². The largest absolute Gasteiger partial charge is 0.455 e. The van der Waals surface area contributed by atoms with Crippen LogP contribution in [0.5, 0.6) is 0 Å². The molecule has 4 rings (SSSR count). The lowest BCUT2D eigenvalue weighted by molar-refractivity contribution is -0.152. The predicted octanol–water partition coefficient (Wildman–Crippen LogP) is 4.32. The smallest absolute Gasteiger partial charge is 0.309 e. The van der Waals surface area contributed by atoms with Gasteiger partial charge in [-0.3, -0.25) is 9.59 Å². The highest BCUT2D eigenvalue weighted by Crippen LogP contribution is 2.35. The number of fused-ring (bicyclic) bond motifs is 1. The number of carbonyl (C=O) groups excluding carboxylic acids is 2. The second-order valence-electron chi connectivity index (χ2n) is 8.45. The van der Waals surface area contributed by atoms with Gasteiger partial charge in [0.2, 0.25) is 0 Å². The first kappa shape index (κ1) is 22.2. The van der Waals surface area contributed by atoms with Gasteiger partial charge >= 0.3 is 5.97 Å². The van der Waals surface area contributed by atoms with Crippen LogP contribution in [-0.2, 0) is 14.3 Å². The summed E-state index contributed by atoms with van der Waals surface area (Å²) in [6.45, 7) is 9.32. The number of nitrogens with one attached hydrogen (secondary N) is 1. The van der Waals surface area contributed by atoms with Crippen molar-refractivity contribution in [2.24, 2.45) is 5.92 Å². The molecular formula is C24H28N4O3S. The maximum atomic E-state index is 12.5. The highest BCUT2D eigenvalue weighted by molar-refractivity contribution is 7.18. The highest BCUT2D eigenvalue weighted by Gasteiger charge is 2.28. The monoisotopic (exact) mass is 452 g/mol. The van der Waals surface area contributed by atoms with Crippen LogP contribution >= 0.6 is 11.3 Å². The van der Waals surface area contributed by atoms with Crippen molar-refractivity contribution < 1.29 is 14.3 Å². The lowest BCUT2D eigenvalue weighted by Crippen LogP contribution is -2.38. The van der Waals surface area contributed by atoms with Gasteiger partial charge in [0, 0.05) is 23.7 Å². The number of nitrogens with zero attached hydrogens (tertiary/aromatic N) is 3. The van der Waals surface area contributed by atoms with Crippen LogP contribution in [0.3, 0.4) is 0 Å². The van der Waals surface area contributed by atoms with E-state index in [2.05, 4.69) is 34.0 Å². The zero-order valence-electron chi connectivity index (χ0n) is 18.9. The zero-order valence-corrected chi connectivity index (χ0v) is 19.7. The van der Waals surface area contributed by atoms with Crippen LogP contribution in [0.1, 0.15) is 34.4 Å². The van der Waals surface area contributed by atoms with Crippen molar-refractivity contribution in [3.05, 3.63) is 46.1 Å². The molecule has 0 spiro atoms. The molecule has 1 aliphatic heterocycles. The Hall–Kier alpha value is -3.00. The molecule has 8 heteroatoms. The minimum Gasteiger partial charge on any atom is -0.455 e. The number of esters is 1. The van der Waals surface area contributed by atoms with Gasteiger partial charge in [0.1, 0.15) is 17.0 Å². The minimum atomic E-state index is -0.326. The quantitative estimate of drug-likeness (QED) is 0.580. The summed E-state index contributed by atoms with van der Waals surface area (Å²) in [5, 5.41) is 3.91. The van der Waals surface area contributed by atoms with Gasteiger partial charge < -0.3 is 15.0 Å². The maximum absolute atomic E-state index is 12.5. The van der Waals surface area contributed by atoms with Gasteiger partial charge in [-0.25, -0.2) is 9.97 Å². The van der Waals surface area contributed by atoms with E-state index < -0.39 is 0 Å². The van der Waals surface area contributed by atoms with Crippen LogP contribution in [0.2, 0.25) is 0 Å². The van der Waals surface area contributed by atoms with Crippen LogP contribution in [0.25, 0.3) is 10.2 Å². The third kappa shape index (κ3) is 4.75. The third-order valence-corrected chi connectivity index (χ3v) is 7.04. The molecule has 1 aromatic carbocycles. The first-order valence-corrected chi connectivity index (χ1v) is 11.6. The molecule has 1 amide bonds. The number of anilines is 2. The molecule has 3 heterocycles. The van der Waals surface area contributed by atoms with Gasteiger partial charge in [-0.05, 0) is 69.4 Å². The van der Waals surface area contributed by atoms with Crippen molar-refractivity contribution in [1.82, 2.24) is 9.97 Å². The summed E-state index contributed by atoms with van der Waals surface area (Å²) in [6, 6.07) is 5.82. The number of aryl methyl sites for hydroxylation is 4. The summed E-state index contributed by atoms with van der Waals surface area (Å²) >= 11 is 1.68. The Balaban J connectivity index is 1.31. The highest BCUT2D eigenvalue weighted by atomic mass is 32.1. The van der Waals surface area contributed by atoms with Crippen LogP contribution in [0, 0.1) is 33.6 Å². The lowest BCUT2D eigenvalue weighted by atomic mass is 9.97. The Labute approximate surface area is 191 Å². The van der Waals surface area contributed by atoms with Crippen molar-refractivity contribution in [1.29, 1.82) is 0 Å². The van der Waals surface area contributed by atoms with Gasteiger partial charge in [-0.2, -0.15) is 0 Å². The molecule has 32 heavy (non-hydrogen) atoms. The van der Waals surface area contributed by atoms with Gasteiger partial charge in [-0.15, -0.1) is 11.3 Å². The zero-order chi connectivity index (χ0) is 22.8. The molecular weight excluding hydrogens is 424 g/mol. The molecule has 2 aromatic heterocycles. The van der Waals surface area contributed by atoms with E-state index in [1.54, 1.807) is 17.7 Å². The van der Waals surface area contributed by atoms with E-state index >= 15 is 0 Å². The Morgan fingerprint density at radius 3 is 2.47 bits per heavy atom. The summed E-state index contributed by atoms with van der Waals surface area (Å²) in [4.78, 5) is 38.2. The second kappa shape index (κ2) is 9.24. The Morgan fingerprint density at radius 2 is 1.78 bits per heavy atom. The summed E-state index contributed by atoms with van der Waals surface area (Å²) in [6.07, 6.45) is 2.96. The van der Waals surface area contributed by atoms with Gasteiger partial charge in [0.25, 0.3) is 5.91 Å².